The molecule has 34 heavy (non-hydrogen) atoms. The molecular weight excluding hydrogens is 448 g/mol. The van der Waals surface area contributed by atoms with Gasteiger partial charge in [-0.25, -0.2) is 4.98 Å². The van der Waals surface area contributed by atoms with Gasteiger partial charge in [-0.05, 0) is 35.9 Å². The van der Waals surface area contributed by atoms with Gasteiger partial charge in [0.15, 0.2) is 0 Å². The molecule has 0 aliphatic carbocycles. The van der Waals surface area contributed by atoms with Crippen LogP contribution in [0.25, 0.3) is 33.3 Å². The lowest BCUT2D eigenvalue weighted by atomic mass is 10.1. The van der Waals surface area contributed by atoms with Gasteiger partial charge in [0.2, 0.25) is 0 Å². The summed E-state index contributed by atoms with van der Waals surface area (Å²) in [7, 11) is 0. The van der Waals surface area contributed by atoms with Crippen LogP contribution in [0.1, 0.15) is 5.56 Å². The third kappa shape index (κ3) is 3.85. The second kappa shape index (κ2) is 8.63. The van der Waals surface area contributed by atoms with Gasteiger partial charge >= 0.3 is 0 Å². The van der Waals surface area contributed by atoms with Gasteiger partial charge in [-0.1, -0.05) is 48.0 Å². The molecule has 3 heterocycles. The highest BCUT2D eigenvalue weighted by molar-refractivity contribution is 6.35. The average Bonchev–Trinajstić information content (AvgIpc) is 3.31. The molecule has 7 heteroatoms. The Morgan fingerprint density at radius 3 is 2.71 bits per heavy atom. The number of hydrogen-bond donors (Lipinski definition) is 1. The van der Waals surface area contributed by atoms with Gasteiger partial charge in [0.1, 0.15) is 5.82 Å². The Labute approximate surface area is 201 Å². The van der Waals surface area contributed by atoms with E-state index in [1.54, 1.807) is 4.57 Å². The molecule has 3 aromatic carbocycles. The number of aromatic nitrogens is 3. The van der Waals surface area contributed by atoms with E-state index < -0.39 is 0 Å². The number of H-pyrrole nitrogens is 1. The first kappa shape index (κ1) is 21.0. The molecule has 1 aliphatic rings. The third-order valence-corrected chi connectivity index (χ3v) is 6.66. The summed E-state index contributed by atoms with van der Waals surface area (Å²) in [6.07, 6.45) is 0. The fourth-order valence-corrected chi connectivity index (χ4v) is 4.86. The Balaban J connectivity index is 1.34. The summed E-state index contributed by atoms with van der Waals surface area (Å²) in [6, 6.07) is 23.7. The summed E-state index contributed by atoms with van der Waals surface area (Å²) < 4.78 is 7.23. The molecule has 1 aliphatic heterocycles. The number of halogens is 1. The number of imidazole rings is 1. The van der Waals surface area contributed by atoms with Gasteiger partial charge in [-0.2, -0.15) is 0 Å². The van der Waals surface area contributed by atoms with Crippen LogP contribution < -0.4 is 10.5 Å². The van der Waals surface area contributed by atoms with E-state index in [0.717, 1.165) is 65.2 Å². The minimum Gasteiger partial charge on any atom is -0.378 e. The highest BCUT2D eigenvalue weighted by Gasteiger charge is 2.14. The van der Waals surface area contributed by atoms with Crippen molar-refractivity contribution in [2.45, 2.75) is 6.54 Å². The van der Waals surface area contributed by atoms with E-state index in [4.69, 9.17) is 21.3 Å². The highest BCUT2D eigenvalue weighted by atomic mass is 35.5. The van der Waals surface area contributed by atoms with Crippen LogP contribution in [-0.2, 0) is 11.3 Å². The largest absolute Gasteiger partial charge is 0.378 e. The topological polar surface area (TPSA) is 63.1 Å². The standard InChI is InChI=1S/C27H23ClN4O2/c28-22-16-26(33)32(25-7-2-1-6-21(22)25)17-18-4-3-5-19(14-18)27-29-23-9-8-20(15-24(23)30-27)31-10-12-34-13-11-31/h1-9,14-16H,10-13,17H2,(H,29,30). The Morgan fingerprint density at radius 2 is 1.82 bits per heavy atom. The number of anilines is 1. The zero-order chi connectivity index (χ0) is 23.1. The van der Waals surface area contributed by atoms with Crippen LogP contribution >= 0.6 is 11.6 Å². The van der Waals surface area contributed by atoms with Crippen molar-refractivity contribution in [3.05, 3.63) is 93.7 Å². The fraction of sp³-hybridized carbons (Fsp3) is 0.185. The summed E-state index contributed by atoms with van der Waals surface area (Å²) >= 11 is 6.31. The Kier molecular flexibility index (Phi) is 5.32. The van der Waals surface area contributed by atoms with Crippen LogP contribution in [0.2, 0.25) is 5.02 Å². The minimum atomic E-state index is -0.117. The lowest BCUT2D eigenvalue weighted by Gasteiger charge is -2.28. The molecule has 0 unspecified atom stereocenters. The number of pyridine rings is 1. The number of para-hydroxylation sites is 1. The van der Waals surface area contributed by atoms with Crippen LogP contribution in [0.5, 0.6) is 0 Å². The first-order valence-electron chi connectivity index (χ1n) is 11.4. The van der Waals surface area contributed by atoms with Crippen LogP contribution in [-0.4, -0.2) is 40.8 Å². The quantitative estimate of drug-likeness (QED) is 0.397. The van der Waals surface area contributed by atoms with Gasteiger partial charge in [0.05, 0.1) is 41.3 Å². The van der Waals surface area contributed by atoms with Crippen molar-refractivity contribution in [3.63, 3.8) is 0 Å². The number of nitrogens with zero attached hydrogens (tertiary/aromatic N) is 3. The van der Waals surface area contributed by atoms with Gasteiger partial charge in [-0.3, -0.25) is 4.79 Å². The van der Waals surface area contributed by atoms with Gasteiger partial charge in [0.25, 0.3) is 5.56 Å². The maximum absolute atomic E-state index is 12.7. The molecule has 1 fully saturated rings. The van der Waals surface area contributed by atoms with Crippen molar-refractivity contribution in [2.75, 3.05) is 31.2 Å². The summed E-state index contributed by atoms with van der Waals surface area (Å²) in [5.74, 6) is 0.810. The maximum Gasteiger partial charge on any atom is 0.252 e. The first-order chi connectivity index (χ1) is 16.7. The van der Waals surface area contributed by atoms with Gasteiger partial charge < -0.3 is 19.2 Å². The number of hydrogen-bond acceptors (Lipinski definition) is 4. The fourth-order valence-electron chi connectivity index (χ4n) is 4.61. The number of aromatic amines is 1. The van der Waals surface area contributed by atoms with Crippen LogP contribution in [0, 0.1) is 0 Å². The van der Waals surface area contributed by atoms with Crippen molar-refractivity contribution in [2.24, 2.45) is 0 Å². The second-order valence-electron chi connectivity index (χ2n) is 8.52. The maximum atomic E-state index is 12.7. The van der Waals surface area contributed by atoms with E-state index in [-0.39, 0.29) is 5.56 Å². The highest BCUT2D eigenvalue weighted by Crippen LogP contribution is 2.26. The Bertz CT molecular complexity index is 1570. The molecule has 0 saturated carbocycles. The van der Waals surface area contributed by atoms with Gasteiger partial charge in [0, 0.05) is 35.8 Å². The molecule has 170 valence electrons. The number of nitrogens with one attached hydrogen (secondary N) is 1. The summed E-state index contributed by atoms with van der Waals surface area (Å²) in [5.41, 5.74) is 5.81. The smallest absolute Gasteiger partial charge is 0.252 e. The summed E-state index contributed by atoms with van der Waals surface area (Å²) in [5, 5.41) is 1.35. The van der Waals surface area contributed by atoms with Gasteiger partial charge in [-0.15, -0.1) is 0 Å². The van der Waals surface area contributed by atoms with Crippen LogP contribution in [0.15, 0.2) is 77.6 Å². The molecule has 0 bridgehead atoms. The van der Waals surface area contributed by atoms with E-state index >= 15 is 0 Å². The predicted octanol–water partition coefficient (Wildman–Crippen LogP) is 5.08. The zero-order valence-corrected chi connectivity index (χ0v) is 19.3. The molecule has 0 radical (unpaired) electrons. The van der Waals surface area contributed by atoms with E-state index in [1.807, 2.05) is 42.5 Å². The van der Waals surface area contributed by atoms with E-state index in [1.165, 1.54) is 11.8 Å². The SMILES string of the molecule is O=c1cc(Cl)c2ccccc2n1Cc1cccc(-c2nc3ccc(N4CCOCC4)cc3[nH]2)c1. The number of ether oxygens (including phenoxy) is 1. The van der Waals surface area contributed by atoms with E-state index in [0.29, 0.717) is 11.6 Å². The van der Waals surface area contributed by atoms with E-state index in [9.17, 15) is 4.79 Å². The van der Waals surface area contributed by atoms with Crippen molar-refractivity contribution >= 4 is 39.2 Å². The third-order valence-electron chi connectivity index (χ3n) is 6.35. The molecule has 0 amide bonds. The van der Waals surface area contributed by atoms with Crippen molar-refractivity contribution in [1.82, 2.24) is 14.5 Å². The summed E-state index contributed by atoms with van der Waals surface area (Å²) in [4.78, 5) is 23.4. The molecule has 5 aromatic rings. The molecule has 1 saturated heterocycles. The number of fused-ring (bicyclic) bond motifs is 2. The molecule has 6 rings (SSSR count). The number of morpholine rings is 1. The average molecular weight is 471 g/mol. The molecule has 1 N–H and O–H groups in total. The molecular formula is C27H23ClN4O2. The monoisotopic (exact) mass is 470 g/mol. The predicted molar refractivity (Wildman–Crippen MR) is 137 cm³/mol. The van der Waals surface area contributed by atoms with Crippen molar-refractivity contribution in [3.8, 4) is 11.4 Å². The van der Waals surface area contributed by atoms with Crippen molar-refractivity contribution < 1.29 is 4.74 Å². The zero-order valence-electron chi connectivity index (χ0n) is 18.5. The molecule has 0 spiro atoms. The Morgan fingerprint density at radius 1 is 0.971 bits per heavy atom. The summed E-state index contributed by atoms with van der Waals surface area (Å²) in [6.45, 7) is 3.75. The second-order valence-corrected chi connectivity index (χ2v) is 8.93. The lowest BCUT2D eigenvalue weighted by Crippen LogP contribution is -2.36. The van der Waals surface area contributed by atoms with Crippen LogP contribution in [0.4, 0.5) is 5.69 Å². The Hall–Kier alpha value is -3.61. The minimum absolute atomic E-state index is 0.117. The molecule has 2 aromatic heterocycles. The number of benzene rings is 3. The molecule has 6 nitrogen and oxygen atoms in total. The first-order valence-corrected chi connectivity index (χ1v) is 11.7. The molecule has 0 atom stereocenters. The number of rotatable bonds is 4. The van der Waals surface area contributed by atoms with E-state index in [2.05, 4.69) is 34.1 Å². The van der Waals surface area contributed by atoms with Crippen LogP contribution in [0.3, 0.4) is 0 Å². The lowest BCUT2D eigenvalue weighted by molar-refractivity contribution is 0.122. The van der Waals surface area contributed by atoms with Crippen molar-refractivity contribution in [1.29, 1.82) is 0 Å². The normalized spacial score (nSPS) is 14.2.